The van der Waals surface area contributed by atoms with Crippen LogP contribution >= 0.6 is 23.2 Å². The zero-order chi connectivity index (χ0) is 17.3. The van der Waals surface area contributed by atoms with Crippen LogP contribution in [0.1, 0.15) is 25.0 Å². The van der Waals surface area contributed by atoms with Crippen LogP contribution in [0, 0.1) is 5.41 Å². The topological polar surface area (TPSA) is 84.5 Å². The maximum Gasteiger partial charge on any atom is 0.321 e. The van der Waals surface area contributed by atoms with Gasteiger partial charge in [0, 0.05) is 19.0 Å². The highest BCUT2D eigenvalue weighted by Crippen LogP contribution is 2.64. The molecule has 3 amide bonds. The van der Waals surface area contributed by atoms with E-state index in [1.165, 1.54) is 7.05 Å². The first-order valence-corrected chi connectivity index (χ1v) is 7.63. The average Bonchev–Trinajstić information content (AvgIpc) is 3.04. The van der Waals surface area contributed by atoms with Crippen LogP contribution in [-0.2, 0) is 14.3 Å². The summed E-state index contributed by atoms with van der Waals surface area (Å²) in [4.78, 5) is 35.9. The molecule has 2 atom stereocenters. The summed E-state index contributed by atoms with van der Waals surface area (Å²) in [5.74, 6) is -1.45. The standard InChI is InChI=1S/C15H16Cl2N2O4/c1-14(8-15(14,16)17)12(21)23-10(9-6-4-3-5-7-9)11(20)19-13(22)18-2/h3-7,10H,8H2,1-2H3,(H2,18,19,20,22)/t10-,14-/m0/s1. The minimum Gasteiger partial charge on any atom is -0.447 e. The third-order valence-electron chi connectivity index (χ3n) is 3.74. The fourth-order valence-electron chi connectivity index (χ4n) is 2.00. The molecule has 1 saturated carbocycles. The molecular formula is C15H16Cl2N2O4. The molecule has 0 saturated heterocycles. The molecule has 2 N–H and O–H groups in total. The Labute approximate surface area is 143 Å². The molecule has 8 heteroatoms. The van der Waals surface area contributed by atoms with Gasteiger partial charge in [0.1, 0.15) is 9.75 Å². The summed E-state index contributed by atoms with van der Waals surface area (Å²) in [6, 6.07) is 7.67. The number of nitrogens with one attached hydrogen (secondary N) is 2. The third kappa shape index (κ3) is 3.59. The summed E-state index contributed by atoms with van der Waals surface area (Å²) in [7, 11) is 1.37. The van der Waals surface area contributed by atoms with Gasteiger partial charge in [-0.3, -0.25) is 14.9 Å². The second kappa shape index (κ2) is 6.37. The van der Waals surface area contributed by atoms with Crippen LogP contribution in [0.4, 0.5) is 4.79 Å². The van der Waals surface area contributed by atoms with Gasteiger partial charge in [0.25, 0.3) is 5.91 Å². The molecule has 0 bridgehead atoms. The number of hydrogen-bond donors (Lipinski definition) is 2. The maximum atomic E-state index is 12.3. The number of halogens is 2. The summed E-state index contributed by atoms with van der Waals surface area (Å²) in [6.07, 6.45) is -1.04. The van der Waals surface area contributed by atoms with Gasteiger partial charge in [-0.1, -0.05) is 30.3 Å². The summed E-state index contributed by atoms with van der Waals surface area (Å²) in [5.41, 5.74) is -0.641. The van der Waals surface area contributed by atoms with Crippen molar-refractivity contribution in [1.82, 2.24) is 10.6 Å². The van der Waals surface area contributed by atoms with Crippen LogP contribution in [0.2, 0.25) is 0 Å². The number of imide groups is 1. The molecule has 0 radical (unpaired) electrons. The van der Waals surface area contributed by atoms with E-state index < -0.39 is 33.8 Å². The van der Waals surface area contributed by atoms with Crippen LogP contribution in [0.3, 0.4) is 0 Å². The molecule has 0 aliphatic heterocycles. The lowest BCUT2D eigenvalue weighted by molar-refractivity contribution is -0.161. The number of urea groups is 1. The molecule has 1 aliphatic carbocycles. The van der Waals surface area contributed by atoms with Gasteiger partial charge in [-0.15, -0.1) is 23.2 Å². The van der Waals surface area contributed by atoms with E-state index in [1.807, 2.05) is 0 Å². The van der Waals surface area contributed by atoms with Gasteiger partial charge >= 0.3 is 12.0 Å². The van der Waals surface area contributed by atoms with Gasteiger partial charge < -0.3 is 10.1 Å². The smallest absolute Gasteiger partial charge is 0.321 e. The van der Waals surface area contributed by atoms with Crippen molar-refractivity contribution in [1.29, 1.82) is 0 Å². The summed E-state index contributed by atoms with van der Waals surface area (Å²) in [5, 5.41) is 4.35. The van der Waals surface area contributed by atoms with Crippen molar-refractivity contribution in [2.24, 2.45) is 5.41 Å². The van der Waals surface area contributed by atoms with E-state index in [0.717, 1.165) is 0 Å². The fourth-order valence-corrected chi connectivity index (χ4v) is 2.69. The third-order valence-corrected chi connectivity index (χ3v) is 4.84. The molecule has 23 heavy (non-hydrogen) atoms. The number of hydrogen-bond acceptors (Lipinski definition) is 4. The first-order valence-electron chi connectivity index (χ1n) is 6.88. The lowest BCUT2D eigenvalue weighted by Gasteiger charge is -2.20. The zero-order valence-electron chi connectivity index (χ0n) is 12.6. The molecule has 124 valence electrons. The Morgan fingerprint density at radius 3 is 2.26 bits per heavy atom. The highest BCUT2D eigenvalue weighted by Gasteiger charge is 2.69. The number of carbonyl (C=O) groups excluding carboxylic acids is 3. The van der Waals surface area contributed by atoms with Crippen molar-refractivity contribution in [3.63, 3.8) is 0 Å². The molecule has 0 heterocycles. The van der Waals surface area contributed by atoms with E-state index >= 15 is 0 Å². The normalized spacial score (nSPS) is 22.6. The Morgan fingerprint density at radius 2 is 1.78 bits per heavy atom. The molecule has 1 aromatic carbocycles. The maximum absolute atomic E-state index is 12.3. The number of ether oxygens (including phenoxy) is 1. The van der Waals surface area contributed by atoms with E-state index in [9.17, 15) is 14.4 Å². The van der Waals surface area contributed by atoms with Gasteiger partial charge in [-0.25, -0.2) is 4.79 Å². The lowest BCUT2D eigenvalue weighted by atomic mass is 10.1. The molecule has 1 fully saturated rings. The van der Waals surface area contributed by atoms with Crippen LogP contribution in [-0.4, -0.2) is 29.3 Å². The van der Waals surface area contributed by atoms with Crippen LogP contribution in [0.25, 0.3) is 0 Å². The minimum absolute atomic E-state index is 0.237. The number of rotatable bonds is 4. The molecule has 2 rings (SSSR count). The van der Waals surface area contributed by atoms with Gasteiger partial charge in [0.15, 0.2) is 0 Å². The van der Waals surface area contributed by atoms with Crippen LogP contribution in [0.5, 0.6) is 0 Å². The highest BCUT2D eigenvalue weighted by atomic mass is 35.5. The fraction of sp³-hybridized carbons (Fsp3) is 0.400. The number of esters is 1. The number of alkyl halides is 2. The molecular weight excluding hydrogens is 343 g/mol. The lowest BCUT2D eigenvalue weighted by Crippen LogP contribution is -2.41. The molecule has 0 unspecified atom stereocenters. The largest absolute Gasteiger partial charge is 0.447 e. The minimum atomic E-state index is -1.28. The molecule has 0 spiro atoms. The van der Waals surface area contributed by atoms with E-state index in [-0.39, 0.29) is 6.42 Å². The number of amides is 3. The van der Waals surface area contributed by atoms with Crippen molar-refractivity contribution in [2.75, 3.05) is 7.05 Å². The molecule has 1 aromatic rings. The van der Waals surface area contributed by atoms with Gasteiger partial charge in [0.05, 0.1) is 0 Å². The van der Waals surface area contributed by atoms with Crippen molar-refractivity contribution in [3.05, 3.63) is 35.9 Å². The first kappa shape index (κ1) is 17.6. The summed E-state index contributed by atoms with van der Waals surface area (Å²) in [6.45, 7) is 1.56. The van der Waals surface area contributed by atoms with Crippen molar-refractivity contribution in [3.8, 4) is 0 Å². The van der Waals surface area contributed by atoms with E-state index in [1.54, 1.807) is 37.3 Å². The highest BCUT2D eigenvalue weighted by molar-refractivity contribution is 6.53. The Morgan fingerprint density at radius 1 is 1.22 bits per heavy atom. The zero-order valence-corrected chi connectivity index (χ0v) is 14.1. The van der Waals surface area contributed by atoms with Gasteiger partial charge in [-0.2, -0.15) is 0 Å². The monoisotopic (exact) mass is 358 g/mol. The van der Waals surface area contributed by atoms with Crippen molar-refractivity contribution < 1.29 is 19.1 Å². The van der Waals surface area contributed by atoms with E-state index in [2.05, 4.69) is 10.6 Å². The Kier molecular flexibility index (Phi) is 4.87. The van der Waals surface area contributed by atoms with Crippen molar-refractivity contribution in [2.45, 2.75) is 23.8 Å². The van der Waals surface area contributed by atoms with Gasteiger partial charge in [-0.05, 0) is 6.92 Å². The Hall–Kier alpha value is -1.79. The van der Waals surface area contributed by atoms with Crippen molar-refractivity contribution >= 4 is 41.1 Å². The van der Waals surface area contributed by atoms with Crippen LogP contribution < -0.4 is 10.6 Å². The predicted molar refractivity (Wildman–Crippen MR) is 85.0 cm³/mol. The van der Waals surface area contributed by atoms with Gasteiger partial charge in [0.2, 0.25) is 6.10 Å². The number of carbonyl (C=O) groups is 3. The SMILES string of the molecule is CNC(=O)NC(=O)[C@@H](OC(=O)[C@]1(C)CC1(Cl)Cl)c1ccccc1. The quantitative estimate of drug-likeness (QED) is 0.638. The molecule has 6 nitrogen and oxygen atoms in total. The second-order valence-electron chi connectivity index (χ2n) is 5.48. The molecule has 1 aliphatic rings. The van der Waals surface area contributed by atoms with E-state index in [0.29, 0.717) is 5.56 Å². The summed E-state index contributed by atoms with van der Waals surface area (Å²) < 4.78 is 4.10. The van der Waals surface area contributed by atoms with E-state index in [4.69, 9.17) is 27.9 Å². The summed E-state index contributed by atoms with van der Waals surface area (Å²) >= 11 is 11.9. The molecule has 0 aromatic heterocycles. The van der Waals surface area contributed by atoms with Crippen LogP contribution in [0.15, 0.2) is 30.3 Å². The Balaban J connectivity index is 2.19. The predicted octanol–water partition coefficient (Wildman–Crippen LogP) is 2.31. The average molecular weight is 359 g/mol. The number of benzene rings is 1. The second-order valence-corrected chi connectivity index (χ2v) is 6.96. The first-order chi connectivity index (χ1) is 10.7. The Bertz CT molecular complexity index is 636.